The highest BCUT2D eigenvalue weighted by Crippen LogP contribution is 2.40. The average molecular weight is 589 g/mol. The number of anilines is 3. The minimum Gasteiger partial charge on any atom is -0.477 e. The summed E-state index contributed by atoms with van der Waals surface area (Å²) in [7, 11) is 0. The molecule has 7 aromatic rings. The van der Waals surface area contributed by atoms with E-state index in [4.69, 9.17) is 14.8 Å². The number of benzene rings is 5. The number of fused-ring (bicyclic) bond motifs is 3. The normalized spacial score (nSPS) is 11.5. The highest BCUT2D eigenvalue weighted by Gasteiger charge is 2.14. The molecule has 210 valence electrons. The summed E-state index contributed by atoms with van der Waals surface area (Å²) in [4.78, 5) is 13.5. The number of carbonyl (C=O) groups is 1. The molecule has 5 nitrogen and oxygen atoms in total. The Labute approximate surface area is 257 Å². The zero-order valence-corrected chi connectivity index (χ0v) is 24.2. The monoisotopic (exact) mass is 588 g/mol. The number of carboxylic acids is 1. The van der Waals surface area contributed by atoms with Crippen LogP contribution in [0.2, 0.25) is 0 Å². The summed E-state index contributed by atoms with van der Waals surface area (Å²) >= 11 is 1.74. The highest BCUT2D eigenvalue weighted by atomic mass is 32.1. The molecule has 2 heterocycles. The van der Waals surface area contributed by atoms with Gasteiger partial charge in [0.25, 0.3) is 0 Å². The van der Waals surface area contributed by atoms with Crippen LogP contribution >= 0.6 is 11.3 Å². The van der Waals surface area contributed by atoms with Gasteiger partial charge in [-0.2, -0.15) is 5.26 Å². The molecule has 2 aromatic heterocycles. The third kappa shape index (κ3) is 5.13. The van der Waals surface area contributed by atoms with E-state index < -0.39 is 5.97 Å². The van der Waals surface area contributed by atoms with Crippen LogP contribution in [0.1, 0.15) is 5.76 Å². The molecule has 7 rings (SSSR count). The second kappa shape index (κ2) is 11.4. The largest absolute Gasteiger partial charge is 0.477 e. The molecular weight excluding hydrogens is 564 g/mol. The van der Waals surface area contributed by atoms with Gasteiger partial charge >= 0.3 is 5.97 Å². The van der Waals surface area contributed by atoms with Gasteiger partial charge in [0.15, 0.2) is 0 Å². The molecule has 0 aliphatic heterocycles. The van der Waals surface area contributed by atoms with Crippen molar-refractivity contribution in [2.24, 2.45) is 0 Å². The van der Waals surface area contributed by atoms with Gasteiger partial charge in [0.1, 0.15) is 23.2 Å². The number of nitriles is 1. The molecule has 0 amide bonds. The number of thiophene rings is 1. The van der Waals surface area contributed by atoms with Gasteiger partial charge in [-0.15, -0.1) is 11.3 Å². The lowest BCUT2D eigenvalue weighted by Gasteiger charge is -2.25. The number of nitrogens with zero attached hydrogens (tertiary/aromatic N) is 2. The van der Waals surface area contributed by atoms with Crippen LogP contribution in [0.5, 0.6) is 0 Å². The minimum atomic E-state index is -1.29. The number of hydrogen-bond acceptors (Lipinski definition) is 5. The van der Waals surface area contributed by atoms with E-state index in [9.17, 15) is 4.79 Å². The van der Waals surface area contributed by atoms with Gasteiger partial charge in [0.05, 0.1) is 0 Å². The summed E-state index contributed by atoms with van der Waals surface area (Å²) in [6, 6.07) is 47.3. The Morgan fingerprint density at radius 2 is 1.23 bits per heavy atom. The van der Waals surface area contributed by atoms with Gasteiger partial charge in [-0.25, -0.2) is 4.79 Å². The molecule has 0 saturated heterocycles. The molecule has 0 aliphatic carbocycles. The Hall–Kier alpha value is -5.90. The van der Waals surface area contributed by atoms with Crippen molar-refractivity contribution in [1.82, 2.24) is 0 Å². The number of rotatable bonds is 7. The van der Waals surface area contributed by atoms with Gasteiger partial charge in [-0.05, 0) is 90.0 Å². The molecule has 5 aromatic carbocycles. The van der Waals surface area contributed by atoms with E-state index in [1.165, 1.54) is 15.5 Å². The van der Waals surface area contributed by atoms with E-state index in [1.54, 1.807) is 29.5 Å². The van der Waals surface area contributed by atoms with Crippen molar-refractivity contribution in [1.29, 1.82) is 5.26 Å². The summed E-state index contributed by atoms with van der Waals surface area (Å²) in [6.07, 6.45) is 1.24. The van der Waals surface area contributed by atoms with E-state index in [0.717, 1.165) is 44.5 Å². The lowest BCUT2D eigenvalue weighted by Crippen LogP contribution is -2.09. The summed E-state index contributed by atoms with van der Waals surface area (Å²) < 4.78 is 8.25. The third-order valence-corrected chi connectivity index (χ3v) is 8.66. The van der Waals surface area contributed by atoms with Crippen molar-refractivity contribution < 1.29 is 14.3 Å². The molecule has 0 unspecified atom stereocenters. The van der Waals surface area contributed by atoms with Crippen LogP contribution in [0.4, 0.5) is 17.1 Å². The van der Waals surface area contributed by atoms with Crippen molar-refractivity contribution >= 4 is 60.6 Å². The predicted octanol–water partition coefficient (Wildman–Crippen LogP) is 10.4. The van der Waals surface area contributed by atoms with Crippen LogP contribution in [0.15, 0.2) is 143 Å². The fraction of sp³-hybridized carbons (Fsp3) is 0. The lowest BCUT2D eigenvalue weighted by molar-refractivity contribution is -0.132. The molecule has 0 radical (unpaired) electrons. The Morgan fingerprint density at radius 1 is 0.682 bits per heavy atom. The van der Waals surface area contributed by atoms with Crippen LogP contribution in [-0.2, 0) is 4.79 Å². The van der Waals surface area contributed by atoms with Crippen LogP contribution in [0, 0.1) is 11.3 Å². The fourth-order valence-corrected chi connectivity index (χ4v) is 6.45. The van der Waals surface area contributed by atoms with Gasteiger partial charge < -0.3 is 14.4 Å². The molecule has 0 saturated carbocycles. The number of para-hydroxylation sites is 2. The molecule has 6 heteroatoms. The Bertz CT molecular complexity index is 2170. The number of furan rings is 1. The third-order valence-electron chi connectivity index (χ3n) is 7.51. The quantitative estimate of drug-likeness (QED) is 0.148. The maximum Gasteiger partial charge on any atom is 0.346 e. The number of hydrogen-bond donors (Lipinski definition) is 1. The first-order chi connectivity index (χ1) is 21.6. The summed E-state index contributed by atoms with van der Waals surface area (Å²) in [6.45, 7) is 0. The standard InChI is InChI=1S/C38H24N2O3S/c39-24-28(38(41)42)21-32-17-18-35(43-32)27-14-20-37-34(23-27)33-22-26(13-19-36(33)44-37)25-11-15-31(16-12-25)40(29-7-3-1-4-8-29)30-9-5-2-6-10-30/h1-23H,(H,41,42)/b28-21-. The maximum atomic E-state index is 11.2. The van der Waals surface area contributed by atoms with Crippen LogP contribution in [0.3, 0.4) is 0 Å². The molecule has 44 heavy (non-hydrogen) atoms. The molecule has 0 aliphatic rings. The molecule has 1 N–H and O–H groups in total. The molecular formula is C38H24N2O3S. The van der Waals surface area contributed by atoms with Gasteiger partial charge in [0, 0.05) is 48.9 Å². The molecule has 0 bridgehead atoms. The van der Waals surface area contributed by atoms with Crippen LogP contribution < -0.4 is 4.90 Å². The Morgan fingerprint density at radius 3 is 1.82 bits per heavy atom. The zero-order chi connectivity index (χ0) is 30.0. The fourth-order valence-electron chi connectivity index (χ4n) is 5.38. The van der Waals surface area contributed by atoms with Crippen LogP contribution in [-0.4, -0.2) is 11.1 Å². The van der Waals surface area contributed by atoms with E-state index in [0.29, 0.717) is 11.5 Å². The smallest absolute Gasteiger partial charge is 0.346 e. The summed E-state index contributed by atoms with van der Waals surface area (Å²) in [5.74, 6) is -0.363. The second-order valence-electron chi connectivity index (χ2n) is 10.3. The lowest BCUT2D eigenvalue weighted by atomic mass is 10.0. The summed E-state index contributed by atoms with van der Waals surface area (Å²) in [5, 5.41) is 20.5. The first kappa shape index (κ1) is 27.0. The van der Waals surface area contributed by atoms with Gasteiger partial charge in [0.2, 0.25) is 0 Å². The first-order valence-electron chi connectivity index (χ1n) is 14.0. The van der Waals surface area contributed by atoms with Crippen molar-refractivity contribution in [2.75, 3.05) is 4.90 Å². The van der Waals surface area contributed by atoms with E-state index >= 15 is 0 Å². The van der Waals surface area contributed by atoms with Crippen molar-refractivity contribution in [2.45, 2.75) is 0 Å². The highest BCUT2D eigenvalue weighted by molar-refractivity contribution is 7.25. The Balaban J connectivity index is 1.23. The van der Waals surface area contributed by atoms with Crippen molar-refractivity contribution in [3.8, 4) is 28.5 Å². The average Bonchev–Trinajstić information content (AvgIpc) is 3.69. The minimum absolute atomic E-state index is 0.318. The van der Waals surface area contributed by atoms with E-state index in [2.05, 4.69) is 108 Å². The SMILES string of the molecule is N#C/C(=C/c1ccc(-c2ccc3sc4ccc(-c5ccc(N(c6ccccc6)c6ccccc6)cc5)cc4c3c2)o1)C(=O)O. The number of carboxylic acid groups (broad SMARTS) is 1. The van der Waals surface area contributed by atoms with Crippen LogP contribution in [0.25, 0.3) is 48.7 Å². The number of aliphatic carboxylic acids is 1. The molecule has 0 fully saturated rings. The predicted molar refractivity (Wildman–Crippen MR) is 178 cm³/mol. The zero-order valence-electron chi connectivity index (χ0n) is 23.3. The van der Waals surface area contributed by atoms with E-state index in [-0.39, 0.29) is 5.57 Å². The van der Waals surface area contributed by atoms with Crippen molar-refractivity contribution in [3.05, 3.63) is 145 Å². The van der Waals surface area contributed by atoms with Gasteiger partial charge in [-0.3, -0.25) is 0 Å². The Kier molecular flexibility index (Phi) is 6.99. The molecule has 0 spiro atoms. The van der Waals surface area contributed by atoms with Gasteiger partial charge in [-0.1, -0.05) is 54.6 Å². The summed E-state index contributed by atoms with van der Waals surface area (Å²) in [5.41, 5.74) is 6.03. The second-order valence-corrected chi connectivity index (χ2v) is 11.3. The maximum absolute atomic E-state index is 11.2. The topological polar surface area (TPSA) is 77.5 Å². The van der Waals surface area contributed by atoms with Crippen molar-refractivity contribution in [3.63, 3.8) is 0 Å². The van der Waals surface area contributed by atoms with E-state index in [1.807, 2.05) is 18.2 Å². The first-order valence-corrected chi connectivity index (χ1v) is 14.8. The molecule has 0 atom stereocenters.